The van der Waals surface area contributed by atoms with Gasteiger partial charge in [-0.3, -0.25) is 19.5 Å². The van der Waals surface area contributed by atoms with Gasteiger partial charge in [0.05, 0.1) is 16.9 Å². The van der Waals surface area contributed by atoms with Crippen molar-refractivity contribution in [3.05, 3.63) is 94.5 Å². The minimum atomic E-state index is -0.613. The molecule has 0 aliphatic carbocycles. The van der Waals surface area contributed by atoms with Crippen molar-refractivity contribution in [3.63, 3.8) is 0 Å². The van der Waals surface area contributed by atoms with Gasteiger partial charge in [-0.25, -0.2) is 5.43 Å². The van der Waals surface area contributed by atoms with Crippen LogP contribution < -0.4 is 10.5 Å². The molecule has 34 heavy (non-hydrogen) atoms. The SMILES string of the molecule is O=C(CSc1nnc(-c2ccccc2)n1-c1ccccc1)N/N=C\c1cc([N+](=O)[O-])ccc1[O-]. The first-order chi connectivity index (χ1) is 16.5. The van der Waals surface area contributed by atoms with Crippen LogP contribution in [0.4, 0.5) is 5.69 Å². The first-order valence-electron chi connectivity index (χ1n) is 9.99. The molecule has 0 aliphatic rings. The van der Waals surface area contributed by atoms with Gasteiger partial charge in [0, 0.05) is 23.4 Å². The molecule has 0 spiro atoms. The van der Waals surface area contributed by atoms with E-state index in [2.05, 4.69) is 20.7 Å². The van der Waals surface area contributed by atoms with Gasteiger partial charge in [0.15, 0.2) is 11.0 Å². The van der Waals surface area contributed by atoms with Crippen LogP contribution in [0.2, 0.25) is 0 Å². The van der Waals surface area contributed by atoms with Gasteiger partial charge in [-0.15, -0.1) is 10.2 Å². The van der Waals surface area contributed by atoms with E-state index >= 15 is 0 Å². The Morgan fingerprint density at radius 3 is 2.47 bits per heavy atom. The molecule has 0 saturated heterocycles. The van der Waals surface area contributed by atoms with Gasteiger partial charge in [0.25, 0.3) is 11.6 Å². The standard InChI is InChI=1S/C23H18N6O4S/c30-20-12-11-19(29(32)33)13-17(20)14-24-25-21(31)15-34-23-27-26-22(16-7-3-1-4-8-16)28(23)18-9-5-2-6-10-18/h1-14,30H,15H2,(H,25,31)/p-1/b24-14-. The molecule has 0 fully saturated rings. The van der Waals surface area contributed by atoms with E-state index in [9.17, 15) is 20.0 Å². The lowest BCUT2D eigenvalue weighted by atomic mass is 10.2. The molecule has 11 heteroatoms. The van der Waals surface area contributed by atoms with E-state index in [1.54, 1.807) is 0 Å². The van der Waals surface area contributed by atoms with Gasteiger partial charge < -0.3 is 5.11 Å². The molecule has 3 aromatic carbocycles. The Balaban J connectivity index is 1.47. The number of non-ortho nitro benzene ring substituents is 1. The third-order valence-corrected chi connectivity index (χ3v) is 5.54. The summed E-state index contributed by atoms with van der Waals surface area (Å²) < 4.78 is 1.86. The van der Waals surface area contributed by atoms with Crippen LogP contribution in [0.15, 0.2) is 89.1 Å². The Bertz CT molecular complexity index is 1340. The molecular weight excluding hydrogens is 456 g/mol. The minimum absolute atomic E-state index is 0.00141. The van der Waals surface area contributed by atoms with Gasteiger partial charge in [-0.1, -0.05) is 72.1 Å². The maximum absolute atomic E-state index is 12.3. The maximum Gasteiger partial charge on any atom is 0.270 e. The number of benzene rings is 3. The molecule has 4 rings (SSSR count). The Kier molecular flexibility index (Phi) is 6.94. The topological polar surface area (TPSA) is 138 Å². The Hall–Kier alpha value is -4.51. The van der Waals surface area contributed by atoms with Crippen molar-refractivity contribution in [3.8, 4) is 22.8 Å². The fraction of sp³-hybridized carbons (Fsp3) is 0.0435. The molecule has 1 aromatic heterocycles. The molecule has 0 radical (unpaired) electrons. The highest BCUT2D eigenvalue weighted by Gasteiger charge is 2.17. The van der Waals surface area contributed by atoms with Crippen LogP contribution in [0.1, 0.15) is 5.56 Å². The number of nitro benzene ring substituents is 1. The first-order valence-corrected chi connectivity index (χ1v) is 11.0. The van der Waals surface area contributed by atoms with Crippen LogP contribution >= 0.6 is 11.8 Å². The quantitative estimate of drug-likeness (QED) is 0.179. The van der Waals surface area contributed by atoms with Crippen molar-refractivity contribution in [2.75, 3.05) is 5.75 Å². The van der Waals surface area contributed by atoms with E-state index in [1.807, 2.05) is 65.2 Å². The summed E-state index contributed by atoms with van der Waals surface area (Å²) in [6, 6.07) is 22.4. The van der Waals surface area contributed by atoms with E-state index in [4.69, 9.17) is 0 Å². The summed E-state index contributed by atoms with van der Waals surface area (Å²) in [4.78, 5) is 22.6. The van der Waals surface area contributed by atoms with E-state index in [-0.39, 0.29) is 17.0 Å². The highest BCUT2D eigenvalue weighted by atomic mass is 32.2. The second-order valence-corrected chi connectivity index (χ2v) is 7.85. The van der Waals surface area contributed by atoms with E-state index in [1.165, 1.54) is 11.8 Å². The number of aromatic nitrogens is 3. The summed E-state index contributed by atoms with van der Waals surface area (Å²) in [5.41, 5.74) is 3.81. The van der Waals surface area contributed by atoms with Crippen LogP contribution in [0.3, 0.4) is 0 Å². The van der Waals surface area contributed by atoms with Crippen molar-refractivity contribution in [1.29, 1.82) is 0 Å². The average molecular weight is 473 g/mol. The highest BCUT2D eigenvalue weighted by Crippen LogP contribution is 2.27. The predicted octanol–water partition coefficient (Wildman–Crippen LogP) is 3.16. The number of hydrogen-bond acceptors (Lipinski definition) is 8. The third-order valence-electron chi connectivity index (χ3n) is 4.61. The number of nitrogens with one attached hydrogen (secondary N) is 1. The lowest BCUT2D eigenvalue weighted by molar-refractivity contribution is -0.385. The van der Waals surface area contributed by atoms with Crippen LogP contribution in [0.25, 0.3) is 17.1 Å². The molecule has 4 aromatic rings. The zero-order valence-corrected chi connectivity index (χ0v) is 18.4. The third kappa shape index (κ3) is 5.27. The lowest BCUT2D eigenvalue weighted by Crippen LogP contribution is -2.20. The molecule has 0 saturated carbocycles. The summed E-state index contributed by atoms with van der Waals surface area (Å²) in [7, 11) is 0. The summed E-state index contributed by atoms with van der Waals surface area (Å²) in [5.74, 6) is -0.261. The molecule has 1 amide bonds. The molecule has 0 aliphatic heterocycles. The van der Waals surface area contributed by atoms with Crippen LogP contribution in [-0.2, 0) is 4.79 Å². The summed E-state index contributed by atoms with van der Waals surface area (Å²) in [5, 5.41) is 35.5. The molecule has 10 nitrogen and oxygen atoms in total. The van der Waals surface area contributed by atoms with Crippen LogP contribution in [0, 0.1) is 10.1 Å². The number of hydrogen-bond donors (Lipinski definition) is 1. The van der Waals surface area contributed by atoms with Crippen molar-refractivity contribution in [2.45, 2.75) is 5.16 Å². The normalized spacial score (nSPS) is 10.9. The Morgan fingerprint density at radius 2 is 1.76 bits per heavy atom. The van der Waals surface area contributed by atoms with Gasteiger partial charge >= 0.3 is 0 Å². The maximum atomic E-state index is 12.3. The largest absolute Gasteiger partial charge is 0.872 e. The number of carbonyl (C=O) groups excluding carboxylic acids is 1. The molecule has 0 unspecified atom stereocenters. The van der Waals surface area contributed by atoms with Gasteiger partial charge in [0.1, 0.15) is 0 Å². The molecule has 1 N–H and O–H groups in total. The number of hydrazone groups is 1. The van der Waals surface area contributed by atoms with Crippen LogP contribution in [0.5, 0.6) is 5.75 Å². The lowest BCUT2D eigenvalue weighted by Gasteiger charge is -2.10. The zero-order chi connectivity index (χ0) is 23.9. The van der Waals surface area contributed by atoms with Crippen molar-refractivity contribution < 1.29 is 14.8 Å². The number of carbonyl (C=O) groups is 1. The molecule has 170 valence electrons. The summed E-state index contributed by atoms with van der Waals surface area (Å²) in [6.45, 7) is 0. The molecular formula is C23H17N6O4S-. The van der Waals surface area contributed by atoms with Crippen LogP contribution in [-0.4, -0.2) is 37.6 Å². The Morgan fingerprint density at radius 1 is 1.06 bits per heavy atom. The van der Waals surface area contributed by atoms with Gasteiger partial charge in [-0.2, -0.15) is 5.10 Å². The zero-order valence-electron chi connectivity index (χ0n) is 17.6. The van der Waals surface area contributed by atoms with Crippen molar-refractivity contribution in [2.24, 2.45) is 5.10 Å². The number of amides is 1. The van der Waals surface area contributed by atoms with Gasteiger partial charge in [0.2, 0.25) is 0 Å². The first kappa shape index (κ1) is 22.7. The minimum Gasteiger partial charge on any atom is -0.872 e. The van der Waals surface area contributed by atoms with E-state index in [0.29, 0.717) is 11.0 Å². The number of nitro groups is 1. The van der Waals surface area contributed by atoms with E-state index < -0.39 is 16.6 Å². The van der Waals surface area contributed by atoms with Crippen molar-refractivity contribution in [1.82, 2.24) is 20.2 Å². The summed E-state index contributed by atoms with van der Waals surface area (Å²) >= 11 is 1.17. The number of rotatable bonds is 8. The van der Waals surface area contributed by atoms with E-state index in [0.717, 1.165) is 35.7 Å². The monoisotopic (exact) mass is 473 g/mol. The second-order valence-electron chi connectivity index (χ2n) is 6.90. The molecule has 0 bridgehead atoms. The average Bonchev–Trinajstić information content (AvgIpc) is 3.29. The fourth-order valence-corrected chi connectivity index (χ4v) is 3.78. The number of nitrogens with zero attached hydrogens (tertiary/aromatic N) is 5. The second kappa shape index (κ2) is 10.4. The van der Waals surface area contributed by atoms with Crippen molar-refractivity contribution >= 4 is 29.6 Å². The highest BCUT2D eigenvalue weighted by molar-refractivity contribution is 7.99. The number of para-hydroxylation sites is 1. The number of thioether (sulfide) groups is 1. The summed E-state index contributed by atoms with van der Waals surface area (Å²) in [6.07, 6.45) is 1.08. The Labute approximate surface area is 198 Å². The fourth-order valence-electron chi connectivity index (χ4n) is 3.03. The predicted molar refractivity (Wildman–Crippen MR) is 126 cm³/mol. The smallest absolute Gasteiger partial charge is 0.270 e. The van der Waals surface area contributed by atoms with Gasteiger partial charge in [-0.05, 0) is 17.7 Å². The molecule has 0 atom stereocenters. The molecule has 1 heterocycles.